The quantitative estimate of drug-likeness (QED) is 0.554. The van der Waals surface area contributed by atoms with Crippen LogP contribution in [0.25, 0.3) is 0 Å². The van der Waals surface area contributed by atoms with Gasteiger partial charge >= 0.3 is 0 Å². The van der Waals surface area contributed by atoms with Crippen LogP contribution >= 0.6 is 12.2 Å². The summed E-state index contributed by atoms with van der Waals surface area (Å²) in [5.74, 6) is 0.602. The van der Waals surface area contributed by atoms with Crippen LogP contribution in [0.5, 0.6) is 0 Å². The molecule has 1 heterocycles. The Bertz CT molecular complexity index is 124. The second-order valence-corrected chi connectivity index (χ2v) is 2.96. The van der Waals surface area contributed by atoms with Gasteiger partial charge in [-0.05, 0) is 18.1 Å². The highest BCUT2D eigenvalue weighted by atomic mass is 32.1. The molecule has 9 heavy (non-hydrogen) atoms. The molecule has 1 unspecified atom stereocenters. The first-order chi connectivity index (χ1) is 4.20. The van der Waals surface area contributed by atoms with Crippen molar-refractivity contribution < 1.29 is 4.74 Å². The second kappa shape index (κ2) is 2.52. The lowest BCUT2D eigenvalue weighted by Crippen LogP contribution is -2.30. The summed E-state index contributed by atoms with van der Waals surface area (Å²) in [6, 6.07) is 0.428. The maximum absolute atomic E-state index is 5.05. The van der Waals surface area contributed by atoms with Crippen LogP contribution < -0.4 is 5.32 Å². The van der Waals surface area contributed by atoms with Gasteiger partial charge in [-0.1, -0.05) is 13.8 Å². The maximum Gasteiger partial charge on any atom is 0.257 e. The number of rotatable bonds is 1. The molecule has 1 aliphatic heterocycles. The number of ether oxygens (including phenoxy) is 1. The van der Waals surface area contributed by atoms with E-state index in [1.807, 2.05) is 0 Å². The van der Waals surface area contributed by atoms with Crippen LogP contribution in [0.1, 0.15) is 13.8 Å². The molecule has 1 N–H and O–H groups in total. The molecule has 0 bridgehead atoms. The van der Waals surface area contributed by atoms with E-state index in [2.05, 4.69) is 19.2 Å². The SMILES string of the molecule is CC(C)C1COC(=S)N1. The summed E-state index contributed by atoms with van der Waals surface area (Å²) in [6.45, 7) is 5.03. The minimum atomic E-state index is 0.428. The monoisotopic (exact) mass is 145 g/mol. The Morgan fingerprint density at radius 2 is 2.44 bits per heavy atom. The van der Waals surface area contributed by atoms with E-state index in [1.54, 1.807) is 0 Å². The Morgan fingerprint density at radius 1 is 1.78 bits per heavy atom. The molecule has 0 saturated carbocycles. The third-order valence-electron chi connectivity index (χ3n) is 1.50. The van der Waals surface area contributed by atoms with Crippen LogP contribution in [0.3, 0.4) is 0 Å². The first-order valence-corrected chi connectivity index (χ1v) is 3.54. The van der Waals surface area contributed by atoms with Gasteiger partial charge in [-0.2, -0.15) is 0 Å². The van der Waals surface area contributed by atoms with Crippen molar-refractivity contribution in [2.24, 2.45) is 5.92 Å². The van der Waals surface area contributed by atoms with E-state index in [0.717, 1.165) is 6.61 Å². The molecule has 1 fully saturated rings. The van der Waals surface area contributed by atoms with Gasteiger partial charge in [-0.25, -0.2) is 0 Å². The van der Waals surface area contributed by atoms with Crippen molar-refractivity contribution in [1.82, 2.24) is 5.32 Å². The van der Waals surface area contributed by atoms with E-state index >= 15 is 0 Å². The van der Waals surface area contributed by atoms with Crippen LogP contribution in [0.4, 0.5) is 0 Å². The zero-order chi connectivity index (χ0) is 6.85. The number of thiocarbonyl (C=S) groups is 1. The Balaban J connectivity index is 2.39. The van der Waals surface area contributed by atoms with Crippen molar-refractivity contribution in [2.75, 3.05) is 6.61 Å². The van der Waals surface area contributed by atoms with Crippen molar-refractivity contribution >= 4 is 17.4 Å². The first kappa shape index (κ1) is 6.81. The van der Waals surface area contributed by atoms with Crippen LogP contribution in [0.15, 0.2) is 0 Å². The highest BCUT2D eigenvalue weighted by molar-refractivity contribution is 7.80. The van der Waals surface area contributed by atoms with Gasteiger partial charge in [0.05, 0.1) is 6.04 Å². The van der Waals surface area contributed by atoms with Crippen LogP contribution in [0.2, 0.25) is 0 Å². The van der Waals surface area contributed by atoms with Gasteiger partial charge in [0.2, 0.25) is 0 Å². The van der Waals surface area contributed by atoms with Crippen LogP contribution in [0, 0.1) is 5.92 Å². The predicted octanol–water partition coefficient (Wildman–Crippen LogP) is 0.916. The molecule has 1 saturated heterocycles. The average Bonchev–Trinajstić information content (AvgIpc) is 2.14. The fourth-order valence-electron chi connectivity index (χ4n) is 0.759. The lowest BCUT2D eigenvalue weighted by Gasteiger charge is -2.10. The predicted molar refractivity (Wildman–Crippen MR) is 40.3 cm³/mol. The third kappa shape index (κ3) is 1.55. The van der Waals surface area contributed by atoms with Crippen molar-refractivity contribution in [3.05, 3.63) is 0 Å². The van der Waals surface area contributed by atoms with Gasteiger partial charge in [-0.15, -0.1) is 0 Å². The summed E-state index contributed by atoms with van der Waals surface area (Å²) in [5.41, 5.74) is 0. The summed E-state index contributed by atoms with van der Waals surface area (Å²) in [4.78, 5) is 0. The molecule has 0 aromatic carbocycles. The minimum absolute atomic E-state index is 0.428. The van der Waals surface area contributed by atoms with Gasteiger partial charge in [-0.3, -0.25) is 0 Å². The number of hydrogen-bond acceptors (Lipinski definition) is 2. The van der Waals surface area contributed by atoms with E-state index in [4.69, 9.17) is 17.0 Å². The molecule has 0 radical (unpaired) electrons. The Morgan fingerprint density at radius 3 is 2.67 bits per heavy atom. The summed E-state index contributed by atoms with van der Waals surface area (Å²) in [7, 11) is 0. The highest BCUT2D eigenvalue weighted by Gasteiger charge is 2.21. The summed E-state index contributed by atoms with van der Waals surface area (Å²) in [5, 5.41) is 3.61. The van der Waals surface area contributed by atoms with Crippen molar-refractivity contribution in [1.29, 1.82) is 0 Å². The summed E-state index contributed by atoms with van der Waals surface area (Å²) < 4.78 is 5.05. The van der Waals surface area contributed by atoms with Crippen molar-refractivity contribution in [2.45, 2.75) is 19.9 Å². The number of nitrogens with one attached hydrogen (secondary N) is 1. The largest absolute Gasteiger partial charge is 0.469 e. The fraction of sp³-hybridized carbons (Fsp3) is 0.833. The van der Waals surface area contributed by atoms with Crippen LogP contribution in [-0.2, 0) is 4.74 Å². The second-order valence-electron chi connectivity index (χ2n) is 2.59. The molecule has 0 aromatic rings. The lowest BCUT2D eigenvalue weighted by molar-refractivity contribution is 0.304. The fourth-order valence-corrected chi connectivity index (χ4v) is 0.979. The van der Waals surface area contributed by atoms with Gasteiger partial charge in [0.25, 0.3) is 5.17 Å². The third-order valence-corrected chi connectivity index (χ3v) is 1.74. The van der Waals surface area contributed by atoms with E-state index < -0.39 is 0 Å². The Labute approximate surface area is 60.6 Å². The topological polar surface area (TPSA) is 21.3 Å². The lowest BCUT2D eigenvalue weighted by atomic mass is 10.1. The molecule has 1 rings (SSSR count). The standard InChI is InChI=1S/C6H11NOS/c1-4(2)5-3-8-6(9)7-5/h4-5H,3H2,1-2H3,(H,7,9). The molecule has 1 aliphatic rings. The molecule has 0 aromatic heterocycles. The van der Waals surface area contributed by atoms with Gasteiger partial charge < -0.3 is 10.1 Å². The maximum atomic E-state index is 5.05. The zero-order valence-electron chi connectivity index (χ0n) is 5.68. The van der Waals surface area contributed by atoms with E-state index in [-0.39, 0.29) is 0 Å². The number of hydrogen-bond donors (Lipinski definition) is 1. The van der Waals surface area contributed by atoms with E-state index in [0.29, 0.717) is 17.1 Å². The molecule has 2 nitrogen and oxygen atoms in total. The molecule has 0 spiro atoms. The molecule has 1 atom stereocenters. The van der Waals surface area contributed by atoms with Gasteiger partial charge in [0.15, 0.2) is 0 Å². The highest BCUT2D eigenvalue weighted by Crippen LogP contribution is 2.07. The summed E-state index contributed by atoms with van der Waals surface area (Å²) in [6.07, 6.45) is 0. The minimum Gasteiger partial charge on any atom is -0.469 e. The Hall–Kier alpha value is -0.310. The van der Waals surface area contributed by atoms with E-state index in [1.165, 1.54) is 0 Å². The average molecular weight is 145 g/mol. The zero-order valence-corrected chi connectivity index (χ0v) is 6.49. The molecular weight excluding hydrogens is 134 g/mol. The van der Waals surface area contributed by atoms with Gasteiger partial charge in [0.1, 0.15) is 6.61 Å². The normalized spacial score (nSPS) is 26.1. The van der Waals surface area contributed by atoms with Crippen LogP contribution in [-0.4, -0.2) is 17.8 Å². The molecule has 0 aliphatic carbocycles. The molecular formula is C6H11NOS. The Kier molecular flexibility index (Phi) is 1.90. The van der Waals surface area contributed by atoms with E-state index in [9.17, 15) is 0 Å². The molecule has 3 heteroatoms. The summed E-state index contributed by atoms with van der Waals surface area (Å²) >= 11 is 4.78. The first-order valence-electron chi connectivity index (χ1n) is 3.13. The molecule has 0 amide bonds. The van der Waals surface area contributed by atoms with Crippen molar-refractivity contribution in [3.63, 3.8) is 0 Å². The van der Waals surface area contributed by atoms with Crippen molar-refractivity contribution in [3.8, 4) is 0 Å². The van der Waals surface area contributed by atoms with Gasteiger partial charge in [0, 0.05) is 0 Å². The smallest absolute Gasteiger partial charge is 0.257 e. The molecule has 52 valence electrons.